The van der Waals surface area contributed by atoms with Crippen molar-refractivity contribution in [1.82, 2.24) is 30.0 Å². The van der Waals surface area contributed by atoms with Crippen LogP contribution >= 0.6 is 0 Å². The van der Waals surface area contributed by atoms with Gasteiger partial charge in [-0.15, -0.1) is 0 Å². The zero-order valence-electron chi connectivity index (χ0n) is 27.2. The Balaban J connectivity index is 1.13. The van der Waals surface area contributed by atoms with Gasteiger partial charge in [0.1, 0.15) is 17.3 Å². The summed E-state index contributed by atoms with van der Waals surface area (Å²) in [6.45, 7) is 11.5. The van der Waals surface area contributed by atoms with E-state index in [4.69, 9.17) is 19.4 Å². The van der Waals surface area contributed by atoms with E-state index in [9.17, 15) is 4.79 Å². The van der Waals surface area contributed by atoms with E-state index >= 15 is 0 Å². The minimum Gasteiger partial charge on any atom is -0.457 e. The molecule has 0 aliphatic carbocycles. The topological polar surface area (TPSA) is 93.6 Å². The number of aromatic nitrogens is 4. The molecule has 3 aliphatic rings. The Morgan fingerprint density at radius 1 is 0.978 bits per heavy atom. The third-order valence-corrected chi connectivity index (χ3v) is 9.81. The Labute approximate surface area is 271 Å². The zero-order valence-corrected chi connectivity index (χ0v) is 27.2. The van der Waals surface area contributed by atoms with E-state index < -0.39 is 0 Å². The van der Waals surface area contributed by atoms with Gasteiger partial charge in [-0.3, -0.25) is 4.79 Å². The molecule has 46 heavy (non-hydrogen) atoms. The Hall–Kier alpha value is -3.95. The van der Waals surface area contributed by atoms with E-state index in [1.807, 2.05) is 53.6 Å². The van der Waals surface area contributed by atoms with Crippen molar-refractivity contribution < 1.29 is 14.3 Å². The number of hydrogen-bond acceptors (Lipinski definition) is 8. The summed E-state index contributed by atoms with van der Waals surface area (Å²) in [6, 6.07) is 16.7. The first-order valence-corrected chi connectivity index (χ1v) is 16.9. The molecular weight excluding hydrogens is 576 g/mol. The fourth-order valence-corrected chi connectivity index (χ4v) is 7.06. The van der Waals surface area contributed by atoms with Gasteiger partial charge in [-0.25, -0.2) is 9.97 Å². The van der Waals surface area contributed by atoms with E-state index in [-0.39, 0.29) is 5.91 Å². The highest BCUT2D eigenvalue weighted by molar-refractivity contribution is 5.82. The first-order chi connectivity index (χ1) is 22.4. The normalized spacial score (nSPS) is 20.2. The second-order valence-electron chi connectivity index (χ2n) is 13.6. The van der Waals surface area contributed by atoms with Gasteiger partial charge in [-0.05, 0) is 93.1 Å². The lowest BCUT2D eigenvalue weighted by Gasteiger charge is -2.38. The van der Waals surface area contributed by atoms with Gasteiger partial charge >= 0.3 is 0 Å². The Bertz CT molecular complexity index is 1660. The quantitative estimate of drug-likeness (QED) is 0.214. The maximum absolute atomic E-state index is 12.7. The number of rotatable bonds is 8. The average molecular weight is 621 g/mol. The number of fused-ring (bicyclic) bond motifs is 1. The number of carbonyl (C=O) groups is 1. The highest BCUT2D eigenvalue weighted by atomic mass is 16.5. The van der Waals surface area contributed by atoms with Crippen molar-refractivity contribution in [3.8, 4) is 22.8 Å². The minimum atomic E-state index is 0.186. The fourth-order valence-electron chi connectivity index (χ4n) is 7.06. The number of hydrogen-bond donors (Lipinski definition) is 0. The third kappa shape index (κ3) is 6.76. The molecule has 4 aromatic rings. The number of nitrogens with zero attached hydrogens (tertiary/aromatic N) is 6. The number of likely N-dealkylation sites (tertiary alicyclic amines) is 2. The van der Waals surface area contributed by atoms with Gasteiger partial charge in [0.25, 0.3) is 0 Å². The van der Waals surface area contributed by atoms with Crippen molar-refractivity contribution in [2.75, 3.05) is 32.8 Å². The molecule has 1 amide bonds. The summed E-state index contributed by atoms with van der Waals surface area (Å²) < 4.78 is 12.1. The van der Waals surface area contributed by atoms with Gasteiger partial charge in [0.2, 0.25) is 5.91 Å². The molecule has 2 aromatic carbocycles. The molecule has 0 saturated carbocycles. The van der Waals surface area contributed by atoms with E-state index in [1.165, 1.54) is 0 Å². The van der Waals surface area contributed by atoms with Gasteiger partial charge < -0.3 is 19.3 Å². The van der Waals surface area contributed by atoms with Crippen LogP contribution in [-0.4, -0.2) is 74.8 Å². The number of benzene rings is 2. The molecule has 240 valence electrons. The van der Waals surface area contributed by atoms with E-state index in [0.717, 1.165) is 97.8 Å². The van der Waals surface area contributed by atoms with Gasteiger partial charge in [0.05, 0.1) is 16.9 Å². The van der Waals surface area contributed by atoms with Crippen molar-refractivity contribution in [3.05, 3.63) is 71.8 Å². The van der Waals surface area contributed by atoms with Crippen LogP contribution in [0.15, 0.2) is 54.7 Å². The summed E-state index contributed by atoms with van der Waals surface area (Å²) in [7, 11) is 0. The standard InChI is InChI=1S/C37H44N6O3/c1-24(2)32-8-9-33(41-40-32)26-4-6-31(7-5-26)46-35-20-34-28(19-29(35)23-43-22-25(3)18-36(43)44)21-38-37(39-34)27-10-14-42(15-11-27)30-12-16-45-17-13-30/h4-9,19-21,24-25,27,30H,10-18,22-23H2,1-3H3. The fraction of sp³-hybridized carbons (Fsp3) is 0.486. The largest absolute Gasteiger partial charge is 0.457 e. The van der Waals surface area contributed by atoms with Crippen LogP contribution in [0.1, 0.15) is 81.8 Å². The van der Waals surface area contributed by atoms with Gasteiger partial charge in [-0.2, -0.15) is 10.2 Å². The highest BCUT2D eigenvalue weighted by Crippen LogP contribution is 2.35. The summed E-state index contributed by atoms with van der Waals surface area (Å²) in [5.41, 5.74) is 4.60. The highest BCUT2D eigenvalue weighted by Gasteiger charge is 2.29. The molecule has 1 unspecified atom stereocenters. The molecule has 3 aliphatic heterocycles. The van der Waals surface area contributed by atoms with Crippen LogP contribution in [0.25, 0.3) is 22.2 Å². The first kappa shape index (κ1) is 30.7. The Morgan fingerprint density at radius 3 is 2.43 bits per heavy atom. The summed E-state index contributed by atoms with van der Waals surface area (Å²) in [4.78, 5) is 27.2. The van der Waals surface area contributed by atoms with Crippen LogP contribution in [0, 0.1) is 5.92 Å². The molecule has 9 nitrogen and oxygen atoms in total. The van der Waals surface area contributed by atoms with Crippen LogP contribution < -0.4 is 4.74 Å². The van der Waals surface area contributed by atoms with Gasteiger partial charge in [-0.1, -0.05) is 20.8 Å². The third-order valence-electron chi connectivity index (χ3n) is 9.81. The molecule has 0 radical (unpaired) electrons. The van der Waals surface area contributed by atoms with Crippen LogP contribution in [0.4, 0.5) is 0 Å². The molecule has 9 heteroatoms. The van der Waals surface area contributed by atoms with Crippen molar-refractivity contribution >= 4 is 16.8 Å². The second kappa shape index (κ2) is 13.4. The molecule has 0 spiro atoms. The summed E-state index contributed by atoms with van der Waals surface area (Å²) >= 11 is 0. The number of ether oxygens (including phenoxy) is 2. The number of carbonyl (C=O) groups excluding carboxylic acids is 1. The van der Waals surface area contributed by atoms with Crippen molar-refractivity contribution in [1.29, 1.82) is 0 Å². The smallest absolute Gasteiger partial charge is 0.223 e. The van der Waals surface area contributed by atoms with Crippen molar-refractivity contribution in [2.24, 2.45) is 5.92 Å². The lowest BCUT2D eigenvalue weighted by molar-refractivity contribution is -0.128. The SMILES string of the molecule is CC1CC(=O)N(Cc2cc3cnc(C4CCN(C5CCOCC5)CC4)nc3cc2Oc2ccc(-c3ccc(C(C)C)nn3)cc2)C1. The number of amides is 1. The number of piperidine rings is 1. The predicted octanol–water partition coefficient (Wildman–Crippen LogP) is 6.73. The van der Waals surface area contributed by atoms with E-state index in [2.05, 4.69) is 41.9 Å². The molecule has 2 aromatic heterocycles. The Kier molecular flexibility index (Phi) is 8.95. The van der Waals surface area contributed by atoms with E-state index in [1.54, 1.807) is 0 Å². The van der Waals surface area contributed by atoms with Crippen molar-refractivity contribution in [2.45, 2.75) is 77.3 Å². The molecule has 3 fully saturated rings. The summed E-state index contributed by atoms with van der Waals surface area (Å²) in [5, 5.41) is 9.77. The van der Waals surface area contributed by atoms with Crippen LogP contribution in [0.5, 0.6) is 11.5 Å². The zero-order chi connectivity index (χ0) is 31.6. The lowest BCUT2D eigenvalue weighted by atomic mass is 9.93. The van der Waals surface area contributed by atoms with Crippen LogP contribution in [0.2, 0.25) is 0 Å². The monoisotopic (exact) mass is 620 g/mol. The predicted molar refractivity (Wildman–Crippen MR) is 178 cm³/mol. The maximum Gasteiger partial charge on any atom is 0.223 e. The molecule has 1 atom stereocenters. The van der Waals surface area contributed by atoms with Gasteiger partial charge in [0, 0.05) is 73.5 Å². The summed E-state index contributed by atoms with van der Waals surface area (Å²) in [5.74, 6) is 3.56. The summed E-state index contributed by atoms with van der Waals surface area (Å²) in [6.07, 6.45) is 6.93. The average Bonchev–Trinajstić information content (AvgIpc) is 3.41. The van der Waals surface area contributed by atoms with Crippen LogP contribution in [0.3, 0.4) is 0 Å². The maximum atomic E-state index is 12.7. The second-order valence-corrected chi connectivity index (χ2v) is 13.6. The van der Waals surface area contributed by atoms with E-state index in [0.29, 0.717) is 48.3 Å². The molecule has 0 N–H and O–H groups in total. The van der Waals surface area contributed by atoms with Crippen LogP contribution in [-0.2, 0) is 16.1 Å². The Morgan fingerprint density at radius 2 is 1.76 bits per heavy atom. The molecule has 7 rings (SSSR count). The molecule has 3 saturated heterocycles. The molecular formula is C37H44N6O3. The first-order valence-electron chi connectivity index (χ1n) is 16.9. The minimum absolute atomic E-state index is 0.186. The lowest BCUT2D eigenvalue weighted by Crippen LogP contribution is -2.43. The van der Waals surface area contributed by atoms with Crippen molar-refractivity contribution in [3.63, 3.8) is 0 Å². The molecule has 0 bridgehead atoms. The van der Waals surface area contributed by atoms with Gasteiger partial charge in [0.15, 0.2) is 0 Å². The molecule has 5 heterocycles.